The fourth-order valence-electron chi connectivity index (χ4n) is 2.47. The second kappa shape index (κ2) is 9.82. The van der Waals surface area contributed by atoms with Crippen LogP contribution in [0.2, 0.25) is 0 Å². The van der Waals surface area contributed by atoms with E-state index >= 15 is 0 Å². The third-order valence-electron chi connectivity index (χ3n) is 4.15. The van der Waals surface area contributed by atoms with Gasteiger partial charge < -0.3 is 9.64 Å². The Hall–Kier alpha value is -2.48. The molecule has 0 aliphatic carbocycles. The Labute approximate surface area is 172 Å². The van der Waals surface area contributed by atoms with E-state index in [4.69, 9.17) is 4.74 Å². The van der Waals surface area contributed by atoms with Crippen LogP contribution in [0, 0.1) is 13.8 Å². The van der Waals surface area contributed by atoms with Gasteiger partial charge in [0.1, 0.15) is 5.75 Å². The van der Waals surface area contributed by atoms with Crippen LogP contribution < -0.4 is 4.74 Å². The van der Waals surface area contributed by atoms with Crippen LogP contribution in [0.25, 0.3) is 0 Å². The third-order valence-corrected chi connectivity index (χ3v) is 4.87. The molecule has 0 radical (unpaired) electrons. The summed E-state index contributed by atoms with van der Waals surface area (Å²) < 4.78 is 42.9. The van der Waals surface area contributed by atoms with Crippen molar-refractivity contribution < 1.29 is 22.7 Å². The average molecular weight is 424 g/mol. The first-order chi connectivity index (χ1) is 13.6. The van der Waals surface area contributed by atoms with Gasteiger partial charge in [-0.1, -0.05) is 6.07 Å². The zero-order valence-corrected chi connectivity index (χ0v) is 17.5. The first-order valence-corrected chi connectivity index (χ1v) is 9.78. The topological polar surface area (TPSA) is 41.9 Å². The summed E-state index contributed by atoms with van der Waals surface area (Å²) in [6.07, 6.45) is 1.73. The van der Waals surface area contributed by atoms with Crippen LogP contribution in [0.4, 0.5) is 18.9 Å². The lowest BCUT2D eigenvalue weighted by atomic mass is 10.0. The molecule has 0 unspecified atom stereocenters. The number of carbonyl (C=O) groups is 1. The van der Waals surface area contributed by atoms with Gasteiger partial charge in [-0.25, -0.2) is 4.99 Å². The van der Waals surface area contributed by atoms with Gasteiger partial charge in [-0.05, 0) is 74.0 Å². The summed E-state index contributed by atoms with van der Waals surface area (Å²) in [5.74, 6) is -0.0357. The maximum Gasteiger partial charge on any atom is 0.446 e. The molecule has 2 aromatic rings. The maximum absolute atomic E-state index is 12.6. The Bertz CT molecular complexity index is 898. The van der Waals surface area contributed by atoms with E-state index < -0.39 is 5.51 Å². The molecule has 0 heterocycles. The van der Waals surface area contributed by atoms with E-state index in [9.17, 15) is 18.0 Å². The van der Waals surface area contributed by atoms with Crippen LogP contribution in [0.5, 0.6) is 5.75 Å². The van der Waals surface area contributed by atoms with Crippen molar-refractivity contribution in [2.24, 2.45) is 4.99 Å². The van der Waals surface area contributed by atoms with Gasteiger partial charge in [-0.2, -0.15) is 13.2 Å². The van der Waals surface area contributed by atoms with Crippen molar-refractivity contribution in [1.82, 2.24) is 4.90 Å². The average Bonchev–Trinajstić information content (AvgIpc) is 2.65. The van der Waals surface area contributed by atoms with Crippen molar-refractivity contribution in [3.63, 3.8) is 0 Å². The largest absolute Gasteiger partial charge is 0.485 e. The number of Topliss-reactive ketones (excluding diaryl/α,β-unsaturated/α-hetero) is 1. The minimum absolute atomic E-state index is 0.00809. The van der Waals surface area contributed by atoms with E-state index in [1.165, 1.54) is 24.3 Å². The molecule has 156 valence electrons. The zero-order valence-electron chi connectivity index (χ0n) is 16.7. The number of ketones is 1. The molecule has 0 amide bonds. The predicted molar refractivity (Wildman–Crippen MR) is 111 cm³/mol. The number of rotatable bonds is 8. The Balaban J connectivity index is 2.09. The highest BCUT2D eigenvalue weighted by Crippen LogP contribution is 2.37. The first kappa shape index (κ1) is 22.8. The van der Waals surface area contributed by atoms with Gasteiger partial charge >= 0.3 is 5.51 Å². The molecule has 29 heavy (non-hydrogen) atoms. The summed E-state index contributed by atoms with van der Waals surface area (Å²) in [6, 6.07) is 9.19. The van der Waals surface area contributed by atoms with Gasteiger partial charge in [0, 0.05) is 24.1 Å². The number of aryl methyl sites for hydroxylation is 2. The number of benzene rings is 2. The molecular formula is C21H23F3N2O2S. The number of aliphatic imine (C=N–C) groups is 1. The van der Waals surface area contributed by atoms with Crippen LogP contribution in [0.1, 0.15) is 28.4 Å². The number of hydrogen-bond acceptors (Lipinski definition) is 4. The number of carbonyl (C=O) groups excluding carboxylic acids is 1. The standard InChI is InChI=1S/C21H23F3N2O2S/c1-5-26(4)13-25-19-10-14(2)18(9-15(19)3)20(27)12-28-16-7-6-8-17(11-16)29-21(22,23)24/h6-11,13H,5,12H2,1-4H3/b25-13-. The molecule has 0 N–H and O–H groups in total. The Kier molecular flexibility index (Phi) is 7.73. The molecule has 2 aromatic carbocycles. The van der Waals surface area contributed by atoms with Gasteiger partial charge in [0.25, 0.3) is 0 Å². The van der Waals surface area contributed by atoms with Crippen LogP contribution >= 0.6 is 11.8 Å². The van der Waals surface area contributed by atoms with E-state index in [1.54, 1.807) is 12.4 Å². The molecule has 0 aromatic heterocycles. The van der Waals surface area contributed by atoms with E-state index in [0.29, 0.717) is 5.56 Å². The van der Waals surface area contributed by atoms with Crippen LogP contribution in [-0.2, 0) is 0 Å². The van der Waals surface area contributed by atoms with Crippen molar-refractivity contribution >= 4 is 29.6 Å². The highest BCUT2D eigenvalue weighted by molar-refractivity contribution is 8.00. The van der Waals surface area contributed by atoms with Gasteiger partial charge in [0.15, 0.2) is 12.4 Å². The fourth-order valence-corrected chi connectivity index (χ4v) is 3.06. The monoisotopic (exact) mass is 424 g/mol. The highest BCUT2D eigenvalue weighted by Gasteiger charge is 2.29. The van der Waals surface area contributed by atoms with Crippen molar-refractivity contribution in [2.75, 3.05) is 20.2 Å². The molecule has 0 saturated carbocycles. The van der Waals surface area contributed by atoms with E-state index in [-0.39, 0.29) is 34.8 Å². The zero-order chi connectivity index (χ0) is 21.6. The molecule has 2 rings (SSSR count). The number of halogens is 3. The van der Waals surface area contributed by atoms with Crippen molar-refractivity contribution in [3.05, 3.63) is 53.1 Å². The number of alkyl halides is 3. The summed E-state index contributed by atoms with van der Waals surface area (Å²) in [5.41, 5.74) is -1.48. The minimum Gasteiger partial charge on any atom is -0.485 e. The van der Waals surface area contributed by atoms with E-state index in [0.717, 1.165) is 23.4 Å². The van der Waals surface area contributed by atoms with Gasteiger partial charge in [0.2, 0.25) is 0 Å². The molecular weight excluding hydrogens is 401 g/mol. The molecule has 0 atom stereocenters. The molecule has 0 aliphatic heterocycles. The normalized spacial score (nSPS) is 11.7. The van der Waals surface area contributed by atoms with Crippen molar-refractivity contribution in [1.29, 1.82) is 0 Å². The minimum atomic E-state index is -4.38. The summed E-state index contributed by atoms with van der Waals surface area (Å²) in [4.78, 5) is 19.0. The van der Waals surface area contributed by atoms with Crippen LogP contribution in [0.3, 0.4) is 0 Å². The number of ether oxygens (including phenoxy) is 1. The Morgan fingerprint density at radius 1 is 1.21 bits per heavy atom. The lowest BCUT2D eigenvalue weighted by Gasteiger charge is -2.12. The van der Waals surface area contributed by atoms with Gasteiger partial charge in [-0.3, -0.25) is 4.79 Å². The predicted octanol–water partition coefficient (Wildman–Crippen LogP) is 5.79. The molecule has 0 fully saturated rings. The van der Waals surface area contributed by atoms with Crippen LogP contribution in [0.15, 0.2) is 46.3 Å². The highest BCUT2D eigenvalue weighted by atomic mass is 32.2. The van der Waals surface area contributed by atoms with Crippen molar-refractivity contribution in [2.45, 2.75) is 31.2 Å². The van der Waals surface area contributed by atoms with Crippen molar-refractivity contribution in [3.8, 4) is 5.75 Å². The smallest absolute Gasteiger partial charge is 0.446 e. The summed E-state index contributed by atoms with van der Waals surface area (Å²) >= 11 is -0.222. The lowest BCUT2D eigenvalue weighted by molar-refractivity contribution is -0.0328. The second-order valence-electron chi connectivity index (χ2n) is 6.51. The fraction of sp³-hybridized carbons (Fsp3) is 0.333. The Morgan fingerprint density at radius 2 is 1.93 bits per heavy atom. The summed E-state index contributed by atoms with van der Waals surface area (Å²) in [7, 11) is 1.92. The lowest BCUT2D eigenvalue weighted by Crippen LogP contribution is -2.14. The quantitative estimate of drug-likeness (QED) is 0.233. The Morgan fingerprint density at radius 3 is 2.59 bits per heavy atom. The number of hydrogen-bond donors (Lipinski definition) is 0. The second-order valence-corrected chi connectivity index (χ2v) is 7.64. The SMILES string of the molecule is CCN(C)/C=N\c1cc(C)c(C(=O)COc2cccc(SC(F)(F)F)c2)cc1C. The summed E-state index contributed by atoms with van der Waals surface area (Å²) in [5, 5.41) is 0. The number of thioether (sulfide) groups is 1. The molecule has 0 aliphatic rings. The van der Waals surface area contributed by atoms with E-state index in [1.807, 2.05) is 38.8 Å². The van der Waals surface area contributed by atoms with Gasteiger partial charge in [0.05, 0.1) is 12.0 Å². The molecule has 4 nitrogen and oxygen atoms in total. The molecule has 0 saturated heterocycles. The maximum atomic E-state index is 12.6. The molecule has 8 heteroatoms. The van der Waals surface area contributed by atoms with Crippen LogP contribution in [-0.4, -0.2) is 42.7 Å². The first-order valence-electron chi connectivity index (χ1n) is 8.96. The van der Waals surface area contributed by atoms with E-state index in [2.05, 4.69) is 4.99 Å². The molecule has 0 bridgehead atoms. The summed E-state index contributed by atoms with van der Waals surface area (Å²) in [6.45, 7) is 6.27. The molecule has 0 spiro atoms. The number of nitrogens with zero attached hydrogens (tertiary/aromatic N) is 2. The van der Waals surface area contributed by atoms with Gasteiger partial charge in [-0.15, -0.1) is 0 Å². The third kappa shape index (κ3) is 7.12.